The summed E-state index contributed by atoms with van der Waals surface area (Å²) in [5, 5.41) is 3.37. The summed E-state index contributed by atoms with van der Waals surface area (Å²) in [6.45, 7) is 3.20. The van der Waals surface area contributed by atoms with Crippen LogP contribution >= 0.6 is 0 Å². The van der Waals surface area contributed by atoms with Crippen molar-refractivity contribution >= 4 is 5.91 Å². The maximum absolute atomic E-state index is 12.5. The summed E-state index contributed by atoms with van der Waals surface area (Å²) in [6, 6.07) is 1.03. The van der Waals surface area contributed by atoms with Gasteiger partial charge in [-0.25, -0.2) is 0 Å². The Morgan fingerprint density at radius 1 is 1.05 bits per heavy atom. The number of nitrogens with zero attached hydrogens (tertiary/aromatic N) is 1. The van der Waals surface area contributed by atoms with Crippen LogP contribution in [0.25, 0.3) is 0 Å². The van der Waals surface area contributed by atoms with Gasteiger partial charge in [-0.2, -0.15) is 0 Å². The van der Waals surface area contributed by atoms with E-state index in [-0.39, 0.29) is 5.92 Å². The van der Waals surface area contributed by atoms with Gasteiger partial charge in [0.05, 0.1) is 0 Å². The molecule has 3 rings (SSSR count). The first kappa shape index (κ1) is 14.3. The van der Waals surface area contributed by atoms with E-state index in [1.807, 2.05) is 0 Å². The van der Waals surface area contributed by atoms with Gasteiger partial charge in [0.2, 0.25) is 5.91 Å². The van der Waals surface area contributed by atoms with Gasteiger partial charge >= 0.3 is 0 Å². The summed E-state index contributed by atoms with van der Waals surface area (Å²) in [7, 11) is 0. The van der Waals surface area contributed by atoms with Crippen LogP contribution in [0.4, 0.5) is 0 Å². The average molecular weight is 279 g/mol. The molecule has 1 aliphatic carbocycles. The lowest BCUT2D eigenvalue weighted by molar-refractivity contribution is -0.127. The van der Waals surface area contributed by atoms with Gasteiger partial charge in [0, 0.05) is 24.5 Å². The van der Waals surface area contributed by atoms with E-state index >= 15 is 0 Å². The zero-order valence-corrected chi connectivity index (χ0v) is 12.5. The Morgan fingerprint density at radius 2 is 1.85 bits per heavy atom. The van der Waals surface area contributed by atoms with Crippen molar-refractivity contribution in [1.29, 1.82) is 0 Å². The average Bonchev–Trinajstić information content (AvgIpc) is 2.91. The molecule has 3 N–H and O–H groups in total. The maximum Gasteiger partial charge on any atom is 0.223 e. The highest BCUT2D eigenvalue weighted by Crippen LogP contribution is 2.30. The molecule has 114 valence electrons. The van der Waals surface area contributed by atoms with Crippen molar-refractivity contribution in [1.82, 2.24) is 10.2 Å². The van der Waals surface area contributed by atoms with Gasteiger partial charge in [-0.1, -0.05) is 6.42 Å². The minimum absolute atomic E-state index is 0.246. The van der Waals surface area contributed by atoms with E-state index in [1.54, 1.807) is 0 Å². The Labute approximate surface area is 122 Å². The molecule has 1 amide bonds. The molecule has 0 spiro atoms. The standard InChI is InChI=1S/C16H29N3O/c17-11-12-4-6-13(7-5-12)16(20)18-14-8-10-19-9-2-1-3-15(14)19/h12-15H,1-11,17H2,(H,18,20). The van der Waals surface area contributed by atoms with Crippen LogP contribution in [0.15, 0.2) is 0 Å². The Kier molecular flexibility index (Phi) is 4.61. The van der Waals surface area contributed by atoms with Gasteiger partial charge in [-0.05, 0) is 64.0 Å². The van der Waals surface area contributed by atoms with Crippen LogP contribution in [0.5, 0.6) is 0 Å². The lowest BCUT2D eigenvalue weighted by atomic mass is 9.81. The fourth-order valence-electron chi connectivity index (χ4n) is 4.38. The zero-order valence-electron chi connectivity index (χ0n) is 12.5. The van der Waals surface area contributed by atoms with E-state index in [2.05, 4.69) is 10.2 Å². The quantitative estimate of drug-likeness (QED) is 0.823. The Hall–Kier alpha value is -0.610. The molecule has 2 atom stereocenters. The van der Waals surface area contributed by atoms with E-state index in [1.165, 1.54) is 32.4 Å². The molecule has 0 aromatic carbocycles. The van der Waals surface area contributed by atoms with Crippen LogP contribution < -0.4 is 11.1 Å². The maximum atomic E-state index is 12.5. The van der Waals surface area contributed by atoms with Gasteiger partial charge < -0.3 is 11.1 Å². The van der Waals surface area contributed by atoms with Crippen LogP contribution in [0, 0.1) is 11.8 Å². The van der Waals surface area contributed by atoms with E-state index in [4.69, 9.17) is 5.73 Å². The molecular formula is C16H29N3O. The molecule has 2 heterocycles. The third-order valence-electron chi connectivity index (χ3n) is 5.73. The second kappa shape index (κ2) is 6.44. The molecule has 2 unspecified atom stereocenters. The third-order valence-corrected chi connectivity index (χ3v) is 5.73. The molecule has 3 fully saturated rings. The van der Waals surface area contributed by atoms with E-state index in [0.29, 0.717) is 23.9 Å². The lowest BCUT2D eigenvalue weighted by Crippen LogP contribution is -2.48. The first-order valence-electron chi connectivity index (χ1n) is 8.52. The largest absolute Gasteiger partial charge is 0.352 e. The second-order valence-corrected chi connectivity index (χ2v) is 6.96. The molecule has 20 heavy (non-hydrogen) atoms. The van der Waals surface area contributed by atoms with Gasteiger partial charge in [0.25, 0.3) is 0 Å². The van der Waals surface area contributed by atoms with Crippen molar-refractivity contribution in [3.05, 3.63) is 0 Å². The number of hydrogen-bond donors (Lipinski definition) is 2. The summed E-state index contributed by atoms with van der Waals surface area (Å²) in [6.07, 6.45) is 9.42. The third kappa shape index (κ3) is 3.01. The van der Waals surface area contributed by atoms with Crippen LogP contribution in [0.3, 0.4) is 0 Å². The van der Waals surface area contributed by atoms with Crippen molar-refractivity contribution in [3.8, 4) is 0 Å². The number of piperidine rings is 1. The zero-order chi connectivity index (χ0) is 13.9. The Balaban J connectivity index is 1.49. The van der Waals surface area contributed by atoms with Crippen molar-refractivity contribution in [2.75, 3.05) is 19.6 Å². The molecule has 2 aliphatic heterocycles. The van der Waals surface area contributed by atoms with Crippen molar-refractivity contribution in [2.24, 2.45) is 17.6 Å². The predicted octanol–water partition coefficient (Wildman–Crippen LogP) is 1.49. The topological polar surface area (TPSA) is 58.4 Å². The van der Waals surface area contributed by atoms with E-state index in [9.17, 15) is 4.79 Å². The Morgan fingerprint density at radius 3 is 2.60 bits per heavy atom. The predicted molar refractivity (Wildman–Crippen MR) is 80.3 cm³/mol. The van der Waals surface area contributed by atoms with Gasteiger partial charge in [0.15, 0.2) is 0 Å². The van der Waals surface area contributed by atoms with Crippen LogP contribution in [0.2, 0.25) is 0 Å². The first-order valence-corrected chi connectivity index (χ1v) is 8.52. The normalized spacial score (nSPS) is 38.5. The van der Waals surface area contributed by atoms with E-state index in [0.717, 1.165) is 38.6 Å². The van der Waals surface area contributed by atoms with Gasteiger partial charge in [-0.3, -0.25) is 9.69 Å². The molecular weight excluding hydrogens is 250 g/mol. The number of nitrogens with two attached hydrogens (primary N) is 1. The highest BCUT2D eigenvalue weighted by Gasteiger charge is 2.37. The summed E-state index contributed by atoms with van der Waals surface area (Å²) >= 11 is 0. The molecule has 0 radical (unpaired) electrons. The van der Waals surface area contributed by atoms with Gasteiger partial charge in [0.1, 0.15) is 0 Å². The summed E-state index contributed by atoms with van der Waals surface area (Å²) in [4.78, 5) is 15.0. The smallest absolute Gasteiger partial charge is 0.223 e. The number of fused-ring (bicyclic) bond motifs is 1. The molecule has 2 saturated heterocycles. The SMILES string of the molecule is NCC1CCC(C(=O)NC2CCN3CCCCC23)CC1. The molecule has 1 saturated carbocycles. The number of carbonyl (C=O) groups is 1. The van der Waals surface area contributed by atoms with Crippen molar-refractivity contribution in [2.45, 2.75) is 63.5 Å². The van der Waals surface area contributed by atoms with Crippen LogP contribution in [0.1, 0.15) is 51.4 Å². The molecule has 0 aromatic heterocycles. The number of amides is 1. The molecule has 0 bridgehead atoms. The highest BCUT2D eigenvalue weighted by molar-refractivity contribution is 5.79. The highest BCUT2D eigenvalue weighted by atomic mass is 16.2. The molecule has 3 aliphatic rings. The summed E-state index contributed by atoms with van der Waals surface area (Å²) in [5.74, 6) is 1.22. The Bertz CT molecular complexity index is 339. The molecule has 4 heteroatoms. The fourth-order valence-corrected chi connectivity index (χ4v) is 4.38. The lowest BCUT2D eigenvalue weighted by Gasteiger charge is -2.34. The fraction of sp³-hybridized carbons (Fsp3) is 0.938. The number of rotatable bonds is 3. The number of nitrogens with one attached hydrogen (secondary N) is 1. The first-order chi connectivity index (χ1) is 9.78. The minimum Gasteiger partial charge on any atom is -0.352 e. The van der Waals surface area contributed by atoms with Gasteiger partial charge in [-0.15, -0.1) is 0 Å². The van der Waals surface area contributed by atoms with Crippen LogP contribution in [-0.2, 0) is 4.79 Å². The second-order valence-electron chi connectivity index (χ2n) is 6.96. The monoisotopic (exact) mass is 279 g/mol. The van der Waals surface area contributed by atoms with E-state index < -0.39 is 0 Å². The minimum atomic E-state index is 0.246. The van der Waals surface area contributed by atoms with Crippen molar-refractivity contribution < 1.29 is 4.79 Å². The number of carbonyl (C=O) groups excluding carboxylic acids is 1. The summed E-state index contributed by atoms with van der Waals surface area (Å²) < 4.78 is 0. The van der Waals surface area contributed by atoms with Crippen LogP contribution in [-0.4, -0.2) is 42.5 Å². The summed E-state index contributed by atoms with van der Waals surface area (Å²) in [5.41, 5.74) is 5.72. The van der Waals surface area contributed by atoms with Crippen molar-refractivity contribution in [3.63, 3.8) is 0 Å². The molecule has 4 nitrogen and oxygen atoms in total. The number of hydrogen-bond acceptors (Lipinski definition) is 3. The molecule has 0 aromatic rings.